The van der Waals surface area contributed by atoms with Crippen molar-refractivity contribution >= 4 is 46.1 Å². The highest BCUT2D eigenvalue weighted by Crippen LogP contribution is 2.35. The van der Waals surface area contributed by atoms with Gasteiger partial charge in [0.1, 0.15) is 10.8 Å². The zero-order valence-corrected chi connectivity index (χ0v) is 15.5. The van der Waals surface area contributed by atoms with Crippen molar-refractivity contribution in [1.82, 2.24) is 10.6 Å². The fourth-order valence-corrected chi connectivity index (χ4v) is 3.29. The summed E-state index contributed by atoms with van der Waals surface area (Å²) in [7, 11) is 0. The number of rotatable bonds is 4. The average Bonchev–Trinajstić information content (AvgIpc) is 2.61. The Morgan fingerprint density at radius 2 is 1.93 bits per heavy atom. The van der Waals surface area contributed by atoms with Crippen LogP contribution in [0.15, 0.2) is 48.0 Å². The molecule has 0 aromatic heterocycles. The van der Waals surface area contributed by atoms with E-state index in [-0.39, 0.29) is 21.6 Å². The Bertz CT molecular complexity index is 992. The zero-order chi connectivity index (χ0) is 19.7. The van der Waals surface area contributed by atoms with Crippen molar-refractivity contribution in [2.75, 3.05) is 0 Å². The zero-order valence-electron chi connectivity index (χ0n) is 14.0. The second kappa shape index (κ2) is 7.42. The Balaban J connectivity index is 2.19. The van der Waals surface area contributed by atoms with Gasteiger partial charge in [-0.3, -0.25) is 14.9 Å². The SMILES string of the molecule is CC(=O)C1=C(c2ccc(F)cc2)NC(=S)N[C@H]1c1ccc(Cl)c([N+](=O)[O-])c1. The van der Waals surface area contributed by atoms with E-state index in [4.69, 9.17) is 23.8 Å². The van der Waals surface area contributed by atoms with Crippen LogP contribution in [0.2, 0.25) is 5.02 Å². The summed E-state index contributed by atoms with van der Waals surface area (Å²) in [4.78, 5) is 23.0. The van der Waals surface area contributed by atoms with Crippen molar-refractivity contribution in [3.8, 4) is 0 Å². The molecule has 0 bridgehead atoms. The molecule has 0 saturated heterocycles. The number of nitrogens with one attached hydrogen (secondary N) is 2. The van der Waals surface area contributed by atoms with Crippen molar-refractivity contribution in [1.29, 1.82) is 0 Å². The smallest absolute Gasteiger partial charge is 0.288 e. The maximum absolute atomic E-state index is 13.3. The van der Waals surface area contributed by atoms with Crippen LogP contribution in [0.25, 0.3) is 5.70 Å². The van der Waals surface area contributed by atoms with E-state index in [0.29, 0.717) is 22.4 Å². The van der Waals surface area contributed by atoms with E-state index in [9.17, 15) is 19.3 Å². The minimum atomic E-state index is -0.715. The van der Waals surface area contributed by atoms with Crippen LogP contribution in [0.3, 0.4) is 0 Å². The van der Waals surface area contributed by atoms with Crippen LogP contribution in [-0.4, -0.2) is 15.8 Å². The van der Waals surface area contributed by atoms with Crippen LogP contribution in [0.5, 0.6) is 0 Å². The number of ketones is 1. The molecule has 2 aromatic carbocycles. The first-order valence-corrected chi connectivity index (χ1v) is 8.59. The van der Waals surface area contributed by atoms with E-state index in [0.717, 1.165) is 0 Å². The Morgan fingerprint density at radius 1 is 1.26 bits per heavy atom. The van der Waals surface area contributed by atoms with Crippen LogP contribution in [0, 0.1) is 15.9 Å². The molecule has 1 heterocycles. The first-order valence-electron chi connectivity index (χ1n) is 7.80. The molecule has 3 rings (SSSR count). The van der Waals surface area contributed by atoms with Gasteiger partial charge in [0.25, 0.3) is 5.69 Å². The van der Waals surface area contributed by atoms with Gasteiger partial charge < -0.3 is 10.6 Å². The molecule has 1 atom stereocenters. The van der Waals surface area contributed by atoms with E-state index in [1.165, 1.54) is 43.3 Å². The quantitative estimate of drug-likeness (QED) is 0.456. The molecule has 27 heavy (non-hydrogen) atoms. The lowest BCUT2D eigenvalue weighted by atomic mass is 9.90. The average molecular weight is 406 g/mol. The van der Waals surface area contributed by atoms with Gasteiger partial charge in [0.05, 0.1) is 16.7 Å². The van der Waals surface area contributed by atoms with Crippen molar-refractivity contribution < 1.29 is 14.1 Å². The lowest BCUT2D eigenvalue weighted by Gasteiger charge is -2.31. The predicted octanol–water partition coefficient (Wildman–Crippen LogP) is 3.91. The summed E-state index contributed by atoms with van der Waals surface area (Å²) in [6, 6.07) is 9.17. The summed E-state index contributed by atoms with van der Waals surface area (Å²) in [5.74, 6) is -0.676. The number of nitro groups is 1. The minimum Gasteiger partial charge on any atom is -0.351 e. The van der Waals surface area contributed by atoms with Gasteiger partial charge >= 0.3 is 0 Å². The molecule has 2 aromatic rings. The predicted molar refractivity (Wildman–Crippen MR) is 104 cm³/mol. The molecule has 9 heteroatoms. The first kappa shape index (κ1) is 18.9. The van der Waals surface area contributed by atoms with E-state index >= 15 is 0 Å². The number of hydrogen-bond donors (Lipinski definition) is 2. The number of Topliss-reactive ketones (excluding diaryl/α,β-unsaturated/α-hetero) is 1. The second-order valence-electron chi connectivity index (χ2n) is 5.85. The third-order valence-corrected chi connectivity index (χ3v) is 4.62. The van der Waals surface area contributed by atoms with Crippen LogP contribution >= 0.6 is 23.8 Å². The molecule has 2 N–H and O–H groups in total. The molecule has 0 radical (unpaired) electrons. The second-order valence-corrected chi connectivity index (χ2v) is 6.67. The highest BCUT2D eigenvalue weighted by molar-refractivity contribution is 7.80. The number of halogens is 2. The Morgan fingerprint density at radius 3 is 2.52 bits per heavy atom. The van der Waals surface area contributed by atoms with Crippen LogP contribution in [0.1, 0.15) is 24.1 Å². The molecule has 6 nitrogen and oxygen atoms in total. The lowest BCUT2D eigenvalue weighted by molar-refractivity contribution is -0.384. The molecule has 0 saturated carbocycles. The number of carbonyl (C=O) groups excluding carboxylic acids is 1. The van der Waals surface area contributed by atoms with Crippen molar-refractivity contribution in [2.45, 2.75) is 13.0 Å². The normalized spacial score (nSPS) is 16.6. The maximum Gasteiger partial charge on any atom is 0.288 e. The number of nitrogens with zero attached hydrogens (tertiary/aromatic N) is 1. The van der Waals surface area contributed by atoms with Gasteiger partial charge in [-0.2, -0.15) is 0 Å². The standard InChI is InChI=1S/C18H13ClFN3O3S/c1-9(24)15-16(10-2-5-12(20)6-3-10)21-18(27)22-17(15)11-4-7-13(19)14(8-11)23(25)26/h2-8,17H,1H3,(H2,21,22,27)/t17-/m0/s1. The van der Waals surface area contributed by atoms with E-state index in [1.807, 2.05) is 0 Å². The monoisotopic (exact) mass is 405 g/mol. The molecule has 1 aliphatic heterocycles. The van der Waals surface area contributed by atoms with E-state index < -0.39 is 16.8 Å². The van der Waals surface area contributed by atoms with Gasteiger partial charge in [0, 0.05) is 11.6 Å². The summed E-state index contributed by atoms with van der Waals surface area (Å²) < 4.78 is 13.3. The third-order valence-electron chi connectivity index (χ3n) is 4.08. The number of hydrogen-bond acceptors (Lipinski definition) is 4. The highest BCUT2D eigenvalue weighted by atomic mass is 35.5. The van der Waals surface area contributed by atoms with Crippen molar-refractivity contribution in [3.63, 3.8) is 0 Å². The molecule has 1 aliphatic rings. The molecular weight excluding hydrogens is 393 g/mol. The van der Waals surface area contributed by atoms with Gasteiger partial charge in [0.2, 0.25) is 0 Å². The van der Waals surface area contributed by atoms with Gasteiger partial charge in [-0.1, -0.05) is 17.7 Å². The summed E-state index contributed by atoms with van der Waals surface area (Å²) in [5.41, 5.74) is 1.51. The molecular formula is C18H13ClFN3O3S. The molecule has 0 fully saturated rings. The summed E-state index contributed by atoms with van der Waals surface area (Å²) in [5, 5.41) is 17.3. The first-order chi connectivity index (χ1) is 12.8. The summed E-state index contributed by atoms with van der Waals surface area (Å²) in [6.45, 7) is 1.38. The summed E-state index contributed by atoms with van der Waals surface area (Å²) >= 11 is 11.1. The van der Waals surface area contributed by atoms with Gasteiger partial charge in [-0.15, -0.1) is 0 Å². The molecule has 138 valence electrons. The number of nitro benzene ring substituents is 1. The molecule has 0 spiro atoms. The van der Waals surface area contributed by atoms with Crippen molar-refractivity contribution in [3.05, 3.63) is 80.1 Å². The Hall–Kier alpha value is -2.84. The van der Waals surface area contributed by atoms with Crippen LogP contribution < -0.4 is 10.6 Å². The summed E-state index contributed by atoms with van der Waals surface area (Å²) in [6.07, 6.45) is 0. The fourth-order valence-electron chi connectivity index (χ4n) is 2.89. The number of benzene rings is 2. The largest absolute Gasteiger partial charge is 0.351 e. The topological polar surface area (TPSA) is 84.3 Å². The maximum atomic E-state index is 13.3. The molecule has 0 amide bonds. The van der Waals surface area contributed by atoms with E-state index in [2.05, 4.69) is 10.6 Å². The minimum absolute atomic E-state index is 0.00706. The number of thiocarbonyl (C=S) groups is 1. The number of carbonyl (C=O) groups is 1. The van der Waals surface area contributed by atoms with Gasteiger partial charge in [0.15, 0.2) is 10.9 Å². The van der Waals surface area contributed by atoms with E-state index in [1.54, 1.807) is 6.07 Å². The molecule has 0 unspecified atom stereocenters. The molecule has 0 aliphatic carbocycles. The highest BCUT2D eigenvalue weighted by Gasteiger charge is 2.31. The van der Waals surface area contributed by atoms with Gasteiger partial charge in [-0.05, 0) is 60.6 Å². The van der Waals surface area contributed by atoms with Gasteiger partial charge in [-0.25, -0.2) is 4.39 Å². The van der Waals surface area contributed by atoms with Crippen molar-refractivity contribution in [2.24, 2.45) is 0 Å². The van der Waals surface area contributed by atoms with Crippen LogP contribution in [0.4, 0.5) is 10.1 Å². The Labute approximate surface area is 164 Å². The Kier molecular flexibility index (Phi) is 5.20. The fraction of sp³-hybridized carbons (Fsp3) is 0.111. The lowest BCUT2D eigenvalue weighted by Crippen LogP contribution is -2.44. The third kappa shape index (κ3) is 3.81. The van der Waals surface area contributed by atoms with Crippen LogP contribution in [-0.2, 0) is 4.79 Å².